The predicted molar refractivity (Wildman–Crippen MR) is 77.6 cm³/mol. The first-order valence-corrected chi connectivity index (χ1v) is 8.85. The largest absolute Gasteiger partial charge is 0.375 e. The van der Waals surface area contributed by atoms with E-state index in [1.807, 2.05) is 0 Å². The number of nitrogens with two attached hydrogens (primary N) is 1. The van der Waals surface area contributed by atoms with Crippen molar-refractivity contribution in [3.8, 4) is 0 Å². The van der Waals surface area contributed by atoms with Gasteiger partial charge in [0.2, 0.25) is 0 Å². The van der Waals surface area contributed by atoms with Crippen LogP contribution in [0.1, 0.15) is 38.8 Å². The molecule has 19 heavy (non-hydrogen) atoms. The highest BCUT2D eigenvalue weighted by Crippen LogP contribution is 2.31. The topological polar surface area (TPSA) is 85.1 Å². The smallest absolute Gasteiger partial charge is 0.252 e. The second-order valence-electron chi connectivity index (χ2n) is 5.55. The Morgan fingerprint density at radius 1 is 1.37 bits per heavy atom. The van der Waals surface area contributed by atoms with E-state index >= 15 is 0 Å². The molecule has 1 aliphatic carbocycles. The van der Waals surface area contributed by atoms with Gasteiger partial charge in [0, 0.05) is 6.04 Å². The quantitative estimate of drug-likeness (QED) is 0.896. The van der Waals surface area contributed by atoms with Gasteiger partial charge >= 0.3 is 0 Å². The Hall–Kier alpha value is -0.660. The van der Waals surface area contributed by atoms with Crippen molar-refractivity contribution in [2.24, 2.45) is 11.8 Å². The molecule has 7 heteroatoms. The molecule has 1 aliphatic rings. The van der Waals surface area contributed by atoms with E-state index in [1.54, 1.807) is 6.92 Å². The second-order valence-corrected chi connectivity index (χ2v) is 8.49. The van der Waals surface area contributed by atoms with Gasteiger partial charge in [-0.1, -0.05) is 25.2 Å². The van der Waals surface area contributed by atoms with Gasteiger partial charge in [0.05, 0.1) is 5.69 Å². The molecule has 1 aromatic rings. The highest BCUT2D eigenvalue weighted by atomic mass is 32.2. The summed E-state index contributed by atoms with van der Waals surface area (Å²) in [5.74, 6) is 1.04. The summed E-state index contributed by atoms with van der Waals surface area (Å²) in [5, 5.41) is 0.295. The normalized spacial score (nSPS) is 28.5. The number of anilines is 1. The Morgan fingerprint density at radius 2 is 2.05 bits per heavy atom. The monoisotopic (exact) mass is 303 g/mol. The van der Waals surface area contributed by atoms with E-state index in [0.717, 1.165) is 30.6 Å². The zero-order valence-electron chi connectivity index (χ0n) is 11.5. The first-order chi connectivity index (χ1) is 8.79. The molecule has 2 rings (SSSR count). The van der Waals surface area contributed by atoms with E-state index in [9.17, 15) is 8.42 Å². The van der Waals surface area contributed by atoms with Gasteiger partial charge in [-0.2, -0.15) is 0 Å². The molecule has 3 N–H and O–H groups in total. The Bertz CT molecular complexity index is 553. The number of sulfonamides is 1. The highest BCUT2D eigenvalue weighted by molar-refractivity contribution is 7.91. The molecule has 0 aliphatic heterocycles. The highest BCUT2D eigenvalue weighted by Gasteiger charge is 2.31. The third-order valence-electron chi connectivity index (χ3n) is 3.75. The maximum Gasteiger partial charge on any atom is 0.252 e. The number of nitrogens with zero attached hydrogens (tertiary/aromatic N) is 1. The molecule has 0 aromatic carbocycles. The Balaban J connectivity index is 2.16. The van der Waals surface area contributed by atoms with Gasteiger partial charge in [-0.05, 0) is 38.0 Å². The molecule has 1 aromatic heterocycles. The van der Waals surface area contributed by atoms with Crippen LogP contribution in [0.3, 0.4) is 0 Å². The van der Waals surface area contributed by atoms with Gasteiger partial charge in [0.1, 0.15) is 0 Å². The van der Waals surface area contributed by atoms with Crippen LogP contribution in [-0.4, -0.2) is 19.4 Å². The third kappa shape index (κ3) is 3.27. The summed E-state index contributed by atoms with van der Waals surface area (Å²) in [5.41, 5.74) is 6.05. The Kier molecular flexibility index (Phi) is 4.17. The molecule has 0 saturated heterocycles. The van der Waals surface area contributed by atoms with Crippen molar-refractivity contribution in [3.63, 3.8) is 0 Å². The van der Waals surface area contributed by atoms with Crippen molar-refractivity contribution in [2.75, 3.05) is 5.73 Å². The minimum Gasteiger partial charge on any atom is -0.375 e. The summed E-state index contributed by atoms with van der Waals surface area (Å²) in [4.78, 5) is 3.98. The fraction of sp³-hybridized carbons (Fsp3) is 0.750. The molecule has 0 amide bonds. The van der Waals surface area contributed by atoms with Crippen molar-refractivity contribution in [1.29, 1.82) is 0 Å². The lowest BCUT2D eigenvalue weighted by Crippen LogP contribution is -2.42. The van der Waals surface area contributed by atoms with Gasteiger partial charge in [-0.3, -0.25) is 0 Å². The number of nitrogen functional groups attached to an aromatic ring is 1. The zero-order chi connectivity index (χ0) is 14.2. The van der Waals surface area contributed by atoms with Crippen LogP contribution < -0.4 is 10.5 Å². The van der Waals surface area contributed by atoms with Gasteiger partial charge in [-0.25, -0.2) is 18.1 Å². The van der Waals surface area contributed by atoms with Crippen molar-refractivity contribution in [1.82, 2.24) is 9.71 Å². The number of aryl methyl sites for hydroxylation is 1. The number of rotatable bonds is 3. The fourth-order valence-electron chi connectivity index (χ4n) is 2.75. The lowest BCUT2D eigenvalue weighted by molar-refractivity contribution is 0.249. The number of nitrogens with one attached hydrogen (secondary N) is 1. The maximum absolute atomic E-state index is 12.4. The molecule has 5 nitrogen and oxygen atoms in total. The average Bonchev–Trinajstić information content (AvgIpc) is 2.63. The van der Waals surface area contributed by atoms with Crippen LogP contribution in [-0.2, 0) is 10.0 Å². The van der Waals surface area contributed by atoms with Crippen molar-refractivity contribution in [3.05, 3.63) is 5.69 Å². The lowest BCUT2D eigenvalue weighted by Gasteiger charge is -2.32. The first kappa shape index (κ1) is 14.7. The summed E-state index contributed by atoms with van der Waals surface area (Å²) in [7, 11) is -3.49. The summed E-state index contributed by atoms with van der Waals surface area (Å²) in [6, 6.07) is 0.0175. The van der Waals surface area contributed by atoms with E-state index in [4.69, 9.17) is 5.73 Å². The molecule has 3 atom stereocenters. The van der Waals surface area contributed by atoms with Crippen molar-refractivity contribution in [2.45, 2.75) is 50.3 Å². The van der Waals surface area contributed by atoms with Crippen LogP contribution in [0.2, 0.25) is 0 Å². The number of hydrogen-bond acceptors (Lipinski definition) is 5. The summed E-state index contributed by atoms with van der Waals surface area (Å²) in [6.07, 6.45) is 3.03. The molecule has 0 spiro atoms. The van der Waals surface area contributed by atoms with Crippen molar-refractivity contribution < 1.29 is 8.42 Å². The molecule has 1 heterocycles. The third-order valence-corrected chi connectivity index (χ3v) is 6.84. The number of hydrogen-bond donors (Lipinski definition) is 2. The standard InChI is InChI=1S/C12H21N3O2S2/c1-7-4-5-10(8(2)6-7)15-19(16,17)11-9(3)14-12(13)18-11/h7-8,10,15H,4-6H2,1-3H3,(H2,13,14). The first-order valence-electron chi connectivity index (χ1n) is 6.55. The summed E-state index contributed by atoms with van der Waals surface area (Å²) >= 11 is 1.03. The molecule has 3 unspecified atom stereocenters. The molecular formula is C12H21N3O2S2. The van der Waals surface area contributed by atoms with Crippen LogP contribution in [0, 0.1) is 18.8 Å². The van der Waals surface area contributed by atoms with Crippen molar-refractivity contribution >= 4 is 26.5 Å². The zero-order valence-corrected chi connectivity index (χ0v) is 13.1. The van der Waals surface area contributed by atoms with E-state index in [-0.39, 0.29) is 10.3 Å². The van der Waals surface area contributed by atoms with E-state index in [2.05, 4.69) is 23.6 Å². The van der Waals surface area contributed by atoms with Crippen LogP contribution >= 0.6 is 11.3 Å². The Labute approximate surface area is 118 Å². The molecule has 0 radical (unpaired) electrons. The molecule has 108 valence electrons. The van der Waals surface area contributed by atoms with Crippen LogP contribution in [0.4, 0.5) is 5.13 Å². The predicted octanol–water partition coefficient (Wildman–Crippen LogP) is 2.14. The van der Waals surface area contributed by atoms with Gasteiger partial charge in [0.15, 0.2) is 9.34 Å². The van der Waals surface area contributed by atoms with E-state index < -0.39 is 10.0 Å². The average molecular weight is 303 g/mol. The van der Waals surface area contributed by atoms with E-state index in [0.29, 0.717) is 22.7 Å². The summed E-state index contributed by atoms with van der Waals surface area (Å²) in [6.45, 7) is 6.00. The van der Waals surface area contributed by atoms with Gasteiger partial charge < -0.3 is 5.73 Å². The second kappa shape index (κ2) is 5.38. The van der Waals surface area contributed by atoms with Gasteiger partial charge in [0.25, 0.3) is 10.0 Å². The Morgan fingerprint density at radius 3 is 2.58 bits per heavy atom. The van der Waals surface area contributed by atoms with Crippen LogP contribution in [0.15, 0.2) is 4.21 Å². The molecule has 1 saturated carbocycles. The van der Waals surface area contributed by atoms with Crippen LogP contribution in [0.5, 0.6) is 0 Å². The molecule has 0 bridgehead atoms. The lowest BCUT2D eigenvalue weighted by atomic mass is 9.80. The minimum absolute atomic E-state index is 0.0175. The molecular weight excluding hydrogens is 282 g/mol. The fourth-order valence-corrected chi connectivity index (χ4v) is 5.44. The minimum atomic E-state index is -3.49. The maximum atomic E-state index is 12.4. The molecule has 1 fully saturated rings. The SMILES string of the molecule is Cc1nc(N)sc1S(=O)(=O)NC1CCC(C)CC1C. The van der Waals surface area contributed by atoms with Gasteiger partial charge in [-0.15, -0.1) is 0 Å². The number of aromatic nitrogens is 1. The summed E-state index contributed by atoms with van der Waals surface area (Å²) < 4.78 is 27.8. The van der Waals surface area contributed by atoms with Crippen LogP contribution in [0.25, 0.3) is 0 Å². The van der Waals surface area contributed by atoms with E-state index in [1.165, 1.54) is 0 Å². The number of thiazole rings is 1.